The van der Waals surface area contributed by atoms with Gasteiger partial charge in [-0.1, -0.05) is 30.3 Å². The summed E-state index contributed by atoms with van der Waals surface area (Å²) in [6.07, 6.45) is 1.34. The highest BCUT2D eigenvalue weighted by Crippen LogP contribution is 2.51. The van der Waals surface area contributed by atoms with Gasteiger partial charge < -0.3 is 5.32 Å². The highest BCUT2D eigenvalue weighted by atomic mass is 19.1. The lowest BCUT2D eigenvalue weighted by molar-refractivity contribution is 0.0966. The second kappa shape index (κ2) is 4.17. The Bertz CT molecular complexity index is 696. The number of rotatable bonds is 1. The molecular weight excluding hydrogens is 253 g/mol. The Labute approximate surface area is 116 Å². The van der Waals surface area contributed by atoms with Crippen LogP contribution in [-0.2, 0) is 0 Å². The van der Waals surface area contributed by atoms with Crippen LogP contribution in [0.1, 0.15) is 46.3 Å². The number of hydrogen-bond acceptors (Lipinski definition) is 2. The summed E-state index contributed by atoms with van der Waals surface area (Å²) < 4.78 is 14.0. The van der Waals surface area contributed by atoms with Crippen LogP contribution in [0.3, 0.4) is 0 Å². The number of carbonyl (C=O) groups excluding carboxylic acids is 1. The van der Waals surface area contributed by atoms with Gasteiger partial charge in [0.1, 0.15) is 5.82 Å². The van der Waals surface area contributed by atoms with Crippen LogP contribution >= 0.6 is 0 Å². The molecule has 3 heteroatoms. The molecule has 0 amide bonds. The second-order valence-corrected chi connectivity index (χ2v) is 5.48. The standard InChI is InChI=1S/C17H14FNO/c18-13-8-6-11-14(20)9-7-12-15(11)17(13)19-16(12)10-4-2-1-3-5-10/h1-6,8,12,16,19H,7,9H2. The first-order chi connectivity index (χ1) is 9.75. The molecule has 0 saturated heterocycles. The van der Waals surface area contributed by atoms with Gasteiger partial charge in [-0.15, -0.1) is 0 Å². The molecule has 1 aliphatic carbocycles. The zero-order valence-corrected chi connectivity index (χ0v) is 10.9. The molecule has 2 aromatic rings. The lowest BCUT2D eigenvalue weighted by atomic mass is 9.78. The molecular formula is C17H14FNO. The third kappa shape index (κ3) is 1.52. The molecule has 100 valence electrons. The molecule has 2 aromatic carbocycles. The Balaban J connectivity index is 1.87. The first-order valence-corrected chi connectivity index (χ1v) is 6.93. The minimum Gasteiger partial charge on any atom is -0.375 e. The zero-order chi connectivity index (χ0) is 13.7. The van der Waals surface area contributed by atoms with Gasteiger partial charge in [0, 0.05) is 17.9 Å². The fraction of sp³-hybridized carbons (Fsp3) is 0.235. The summed E-state index contributed by atoms with van der Waals surface area (Å²) in [6, 6.07) is 13.2. The van der Waals surface area contributed by atoms with Gasteiger partial charge in [0.05, 0.1) is 11.7 Å². The van der Waals surface area contributed by atoms with Crippen LogP contribution in [0.5, 0.6) is 0 Å². The topological polar surface area (TPSA) is 29.1 Å². The number of halogens is 1. The van der Waals surface area contributed by atoms with E-state index in [0.29, 0.717) is 17.7 Å². The summed E-state index contributed by atoms with van der Waals surface area (Å²) in [6.45, 7) is 0. The van der Waals surface area contributed by atoms with E-state index in [1.807, 2.05) is 18.2 Å². The van der Waals surface area contributed by atoms with Crippen molar-refractivity contribution in [3.63, 3.8) is 0 Å². The normalized spacial score (nSPS) is 23.4. The van der Waals surface area contributed by atoms with Gasteiger partial charge >= 0.3 is 0 Å². The van der Waals surface area contributed by atoms with Gasteiger partial charge in [-0.25, -0.2) is 4.39 Å². The average molecular weight is 267 g/mol. The van der Waals surface area contributed by atoms with Gasteiger partial charge in [-0.05, 0) is 29.7 Å². The molecule has 1 aliphatic heterocycles. The van der Waals surface area contributed by atoms with Crippen molar-refractivity contribution in [3.8, 4) is 0 Å². The van der Waals surface area contributed by atoms with E-state index < -0.39 is 0 Å². The van der Waals surface area contributed by atoms with Crippen LogP contribution in [0.4, 0.5) is 10.1 Å². The Morgan fingerprint density at radius 3 is 2.70 bits per heavy atom. The molecule has 0 bridgehead atoms. The first-order valence-electron chi connectivity index (χ1n) is 6.93. The Morgan fingerprint density at radius 1 is 1.10 bits per heavy atom. The number of benzene rings is 2. The summed E-state index contributed by atoms with van der Waals surface area (Å²) in [7, 11) is 0. The van der Waals surface area contributed by atoms with Crippen LogP contribution in [-0.4, -0.2) is 5.78 Å². The van der Waals surface area contributed by atoms with E-state index in [0.717, 1.165) is 17.5 Å². The summed E-state index contributed by atoms with van der Waals surface area (Å²) >= 11 is 0. The Hall–Kier alpha value is -2.16. The molecule has 0 saturated carbocycles. The summed E-state index contributed by atoms with van der Waals surface area (Å²) in [5.74, 6) is 0.0608. The van der Waals surface area contributed by atoms with E-state index in [4.69, 9.17) is 0 Å². The van der Waals surface area contributed by atoms with Crippen LogP contribution in [0.2, 0.25) is 0 Å². The number of Topliss-reactive ketones (excluding diaryl/α,β-unsaturated/α-hetero) is 1. The van der Waals surface area contributed by atoms with Crippen LogP contribution in [0.15, 0.2) is 42.5 Å². The molecule has 4 rings (SSSR count). The number of nitrogens with one attached hydrogen (secondary N) is 1. The third-order valence-corrected chi connectivity index (χ3v) is 4.41. The smallest absolute Gasteiger partial charge is 0.163 e. The van der Waals surface area contributed by atoms with Crippen LogP contribution < -0.4 is 5.32 Å². The van der Waals surface area contributed by atoms with Crippen molar-refractivity contribution in [1.82, 2.24) is 0 Å². The molecule has 0 radical (unpaired) electrons. The SMILES string of the molecule is O=C1CCC2c3c1ccc(F)c3NC2c1ccccc1. The zero-order valence-electron chi connectivity index (χ0n) is 10.9. The van der Waals surface area contributed by atoms with E-state index in [1.165, 1.54) is 6.07 Å². The minimum absolute atomic E-state index is 0.0648. The predicted octanol–water partition coefficient (Wildman–Crippen LogP) is 4.05. The van der Waals surface area contributed by atoms with E-state index in [2.05, 4.69) is 17.4 Å². The average Bonchev–Trinajstić information content (AvgIpc) is 2.87. The molecule has 0 spiro atoms. The number of ketones is 1. The summed E-state index contributed by atoms with van der Waals surface area (Å²) in [5, 5.41) is 3.29. The molecule has 2 nitrogen and oxygen atoms in total. The van der Waals surface area contributed by atoms with E-state index in [1.54, 1.807) is 6.07 Å². The Kier molecular flexibility index (Phi) is 2.43. The second-order valence-electron chi connectivity index (χ2n) is 5.48. The van der Waals surface area contributed by atoms with Crippen molar-refractivity contribution in [3.05, 3.63) is 65.0 Å². The van der Waals surface area contributed by atoms with Crippen molar-refractivity contribution >= 4 is 11.5 Å². The number of hydrogen-bond donors (Lipinski definition) is 1. The van der Waals surface area contributed by atoms with Crippen LogP contribution in [0, 0.1) is 5.82 Å². The van der Waals surface area contributed by atoms with Gasteiger partial charge in [0.2, 0.25) is 0 Å². The third-order valence-electron chi connectivity index (χ3n) is 4.41. The molecule has 2 aliphatic rings. The fourth-order valence-electron chi connectivity index (χ4n) is 3.50. The van der Waals surface area contributed by atoms with E-state index in [-0.39, 0.29) is 23.6 Å². The van der Waals surface area contributed by atoms with Crippen molar-refractivity contribution in [1.29, 1.82) is 0 Å². The van der Waals surface area contributed by atoms with E-state index >= 15 is 0 Å². The van der Waals surface area contributed by atoms with Crippen molar-refractivity contribution in [2.45, 2.75) is 24.8 Å². The van der Waals surface area contributed by atoms with Crippen molar-refractivity contribution in [2.75, 3.05) is 5.32 Å². The largest absolute Gasteiger partial charge is 0.375 e. The number of anilines is 1. The van der Waals surface area contributed by atoms with Gasteiger partial charge in [-0.3, -0.25) is 4.79 Å². The number of carbonyl (C=O) groups is 1. The minimum atomic E-state index is -0.262. The fourth-order valence-corrected chi connectivity index (χ4v) is 3.50. The maximum atomic E-state index is 14.0. The summed E-state index contributed by atoms with van der Waals surface area (Å²) in [4.78, 5) is 12.0. The maximum Gasteiger partial charge on any atom is 0.163 e. The molecule has 20 heavy (non-hydrogen) atoms. The quantitative estimate of drug-likeness (QED) is 0.844. The highest BCUT2D eigenvalue weighted by Gasteiger charge is 2.40. The molecule has 2 atom stereocenters. The van der Waals surface area contributed by atoms with Gasteiger partial charge in [0.15, 0.2) is 5.78 Å². The predicted molar refractivity (Wildman–Crippen MR) is 75.5 cm³/mol. The van der Waals surface area contributed by atoms with Gasteiger partial charge in [0.25, 0.3) is 0 Å². The van der Waals surface area contributed by atoms with E-state index in [9.17, 15) is 9.18 Å². The highest BCUT2D eigenvalue weighted by molar-refractivity contribution is 6.01. The maximum absolute atomic E-state index is 14.0. The molecule has 0 aromatic heterocycles. The van der Waals surface area contributed by atoms with Crippen molar-refractivity contribution < 1.29 is 9.18 Å². The molecule has 1 heterocycles. The van der Waals surface area contributed by atoms with Gasteiger partial charge in [-0.2, -0.15) is 0 Å². The summed E-state index contributed by atoms with van der Waals surface area (Å²) in [5.41, 5.74) is 3.25. The lowest BCUT2D eigenvalue weighted by Gasteiger charge is -2.24. The molecule has 0 fully saturated rings. The van der Waals surface area contributed by atoms with Crippen LogP contribution in [0.25, 0.3) is 0 Å². The first kappa shape index (κ1) is 11.6. The molecule has 2 unspecified atom stereocenters. The molecule has 1 N–H and O–H groups in total. The Morgan fingerprint density at radius 2 is 1.90 bits per heavy atom. The van der Waals surface area contributed by atoms with Crippen molar-refractivity contribution in [2.24, 2.45) is 0 Å². The lowest BCUT2D eigenvalue weighted by Crippen LogP contribution is -2.18. The monoisotopic (exact) mass is 267 g/mol.